The summed E-state index contributed by atoms with van der Waals surface area (Å²) in [7, 11) is 1.93. The molecule has 2 fully saturated rings. The molecule has 1 atom stereocenters. The van der Waals surface area contributed by atoms with Crippen LogP contribution in [0.25, 0.3) is 0 Å². The van der Waals surface area contributed by atoms with Crippen LogP contribution in [-0.2, 0) is 16.1 Å². The second-order valence-electron chi connectivity index (χ2n) is 6.58. The van der Waals surface area contributed by atoms with E-state index < -0.39 is 5.41 Å². The molecule has 1 aromatic carbocycles. The van der Waals surface area contributed by atoms with Gasteiger partial charge in [-0.2, -0.15) is 11.8 Å². The molecule has 1 spiro atoms. The van der Waals surface area contributed by atoms with Gasteiger partial charge in [-0.1, -0.05) is 18.2 Å². The Morgan fingerprint density at radius 1 is 1.33 bits per heavy atom. The highest BCUT2D eigenvalue weighted by atomic mass is 32.2. The van der Waals surface area contributed by atoms with E-state index in [1.165, 1.54) is 4.90 Å². The van der Waals surface area contributed by atoms with Crippen LogP contribution in [0, 0.1) is 5.41 Å². The second-order valence-corrected chi connectivity index (χ2v) is 7.69. The van der Waals surface area contributed by atoms with Gasteiger partial charge in [-0.25, -0.2) is 0 Å². The van der Waals surface area contributed by atoms with E-state index in [9.17, 15) is 9.59 Å². The number of hydrogen-bond acceptors (Lipinski definition) is 5. The van der Waals surface area contributed by atoms with Crippen molar-refractivity contribution in [1.29, 1.82) is 0 Å². The maximum atomic E-state index is 12.7. The number of carbonyl (C=O) groups excluding carboxylic acids is 2. The number of carbonyl (C=O) groups is 2. The summed E-state index contributed by atoms with van der Waals surface area (Å²) >= 11 is 1.78. The average molecular weight is 348 g/mol. The minimum atomic E-state index is -0.425. The third kappa shape index (κ3) is 3.30. The van der Waals surface area contributed by atoms with Crippen LogP contribution in [-0.4, -0.2) is 53.4 Å². The van der Waals surface area contributed by atoms with Crippen molar-refractivity contribution in [1.82, 2.24) is 9.80 Å². The van der Waals surface area contributed by atoms with Gasteiger partial charge in [0.1, 0.15) is 5.75 Å². The van der Waals surface area contributed by atoms with Crippen LogP contribution >= 0.6 is 11.8 Å². The maximum absolute atomic E-state index is 12.7. The smallest absolute Gasteiger partial charge is 0.237 e. The predicted molar refractivity (Wildman–Crippen MR) is 94.8 cm³/mol. The van der Waals surface area contributed by atoms with Crippen LogP contribution in [0.5, 0.6) is 5.75 Å². The van der Waals surface area contributed by atoms with Gasteiger partial charge in [0.2, 0.25) is 11.8 Å². The summed E-state index contributed by atoms with van der Waals surface area (Å²) in [5.41, 5.74) is 0.637. The molecule has 2 aliphatic heterocycles. The van der Waals surface area contributed by atoms with Gasteiger partial charge in [0.25, 0.3) is 0 Å². The lowest BCUT2D eigenvalue weighted by Gasteiger charge is -2.25. The monoisotopic (exact) mass is 348 g/mol. The quantitative estimate of drug-likeness (QED) is 0.739. The van der Waals surface area contributed by atoms with Crippen molar-refractivity contribution in [3.63, 3.8) is 0 Å². The lowest BCUT2D eigenvalue weighted by Crippen LogP contribution is -2.42. The summed E-state index contributed by atoms with van der Waals surface area (Å²) in [6.07, 6.45) is 1.21. The van der Waals surface area contributed by atoms with E-state index in [1.54, 1.807) is 11.8 Å². The third-order valence-electron chi connectivity index (χ3n) is 4.69. The molecule has 2 heterocycles. The Morgan fingerprint density at radius 2 is 2.12 bits per heavy atom. The van der Waals surface area contributed by atoms with Crippen molar-refractivity contribution in [2.24, 2.45) is 5.41 Å². The largest absolute Gasteiger partial charge is 0.494 e. The van der Waals surface area contributed by atoms with Crippen LogP contribution in [0.15, 0.2) is 24.3 Å². The average Bonchev–Trinajstić information content (AvgIpc) is 3.11. The molecule has 24 heavy (non-hydrogen) atoms. The van der Waals surface area contributed by atoms with E-state index in [2.05, 4.69) is 0 Å². The molecular formula is C18H24N2O3S. The number of benzene rings is 1. The van der Waals surface area contributed by atoms with Gasteiger partial charge in [0.15, 0.2) is 0 Å². The van der Waals surface area contributed by atoms with Crippen LogP contribution in [0.2, 0.25) is 0 Å². The Morgan fingerprint density at radius 3 is 2.83 bits per heavy atom. The van der Waals surface area contributed by atoms with Crippen LogP contribution < -0.4 is 4.74 Å². The Bertz CT molecular complexity index is 628. The van der Waals surface area contributed by atoms with Crippen molar-refractivity contribution in [2.75, 3.05) is 31.8 Å². The minimum Gasteiger partial charge on any atom is -0.494 e. The van der Waals surface area contributed by atoms with Gasteiger partial charge in [-0.05, 0) is 32.2 Å². The number of amides is 2. The Kier molecular flexibility index (Phi) is 5.15. The van der Waals surface area contributed by atoms with Crippen LogP contribution in [0.3, 0.4) is 0 Å². The van der Waals surface area contributed by atoms with Crippen molar-refractivity contribution in [3.8, 4) is 5.75 Å². The topological polar surface area (TPSA) is 49.9 Å². The van der Waals surface area contributed by atoms with Crippen molar-refractivity contribution in [2.45, 2.75) is 26.3 Å². The number of nitrogens with zero attached hydrogens (tertiary/aromatic N) is 2. The molecule has 0 N–H and O–H groups in total. The number of hydrogen-bond donors (Lipinski definition) is 0. The molecule has 3 rings (SSSR count). The summed E-state index contributed by atoms with van der Waals surface area (Å²) in [6, 6.07) is 7.89. The van der Waals surface area contributed by atoms with Crippen molar-refractivity contribution >= 4 is 23.6 Å². The Hall–Kier alpha value is -1.53. The molecular weight excluding hydrogens is 324 g/mol. The van der Waals surface area contributed by atoms with Gasteiger partial charge < -0.3 is 4.74 Å². The molecule has 0 aromatic heterocycles. The molecule has 2 amide bonds. The van der Waals surface area contributed by atoms with E-state index in [-0.39, 0.29) is 11.8 Å². The van der Waals surface area contributed by atoms with Crippen molar-refractivity contribution < 1.29 is 14.3 Å². The molecule has 0 radical (unpaired) electrons. The van der Waals surface area contributed by atoms with Gasteiger partial charge >= 0.3 is 0 Å². The van der Waals surface area contributed by atoms with Gasteiger partial charge in [-0.3, -0.25) is 19.4 Å². The first-order valence-corrected chi connectivity index (χ1v) is 9.53. The first-order chi connectivity index (χ1) is 11.6. The first-order valence-electron chi connectivity index (χ1n) is 8.37. The molecule has 0 unspecified atom stereocenters. The fourth-order valence-corrected chi connectivity index (χ4v) is 4.87. The van der Waals surface area contributed by atoms with E-state index in [0.29, 0.717) is 26.2 Å². The van der Waals surface area contributed by atoms with Gasteiger partial charge in [-0.15, -0.1) is 0 Å². The summed E-state index contributed by atoms with van der Waals surface area (Å²) in [5.74, 6) is 2.60. The van der Waals surface area contributed by atoms with Gasteiger partial charge in [0, 0.05) is 24.3 Å². The molecule has 2 saturated heterocycles. The number of thioether (sulfide) groups is 1. The van der Waals surface area contributed by atoms with E-state index in [0.717, 1.165) is 29.2 Å². The molecule has 130 valence electrons. The number of likely N-dealkylation sites (tertiary alicyclic amines) is 1. The number of rotatable bonds is 6. The van der Waals surface area contributed by atoms with Crippen molar-refractivity contribution in [3.05, 3.63) is 29.8 Å². The molecule has 0 saturated carbocycles. The Labute approximate surface area is 147 Å². The third-order valence-corrected chi connectivity index (χ3v) is 5.94. The zero-order chi connectivity index (χ0) is 17.2. The molecule has 1 aromatic rings. The minimum absolute atomic E-state index is 0.0162. The van der Waals surface area contributed by atoms with Gasteiger partial charge in [0.05, 0.1) is 18.7 Å². The number of para-hydroxylation sites is 1. The molecule has 0 bridgehead atoms. The van der Waals surface area contributed by atoms with E-state index in [4.69, 9.17) is 4.74 Å². The standard InChI is InChI=1S/C18H24N2O3S/c1-3-23-15-7-5-4-6-14(15)11-19(2)13-20-16(21)10-18(17(20)22)8-9-24-12-18/h4-7H,3,8-13H2,1-2H3/t18-/m1/s1. The van der Waals surface area contributed by atoms with E-state index >= 15 is 0 Å². The number of ether oxygens (including phenoxy) is 1. The molecule has 0 aliphatic carbocycles. The lowest BCUT2D eigenvalue weighted by molar-refractivity contribution is -0.143. The lowest BCUT2D eigenvalue weighted by atomic mass is 9.86. The predicted octanol–water partition coefficient (Wildman–Crippen LogP) is 2.36. The highest BCUT2D eigenvalue weighted by molar-refractivity contribution is 7.99. The first kappa shape index (κ1) is 17.3. The number of imide groups is 1. The Balaban J connectivity index is 1.66. The fourth-order valence-electron chi connectivity index (χ4n) is 3.43. The fraction of sp³-hybridized carbons (Fsp3) is 0.556. The summed E-state index contributed by atoms with van der Waals surface area (Å²) in [4.78, 5) is 28.5. The molecule has 5 nitrogen and oxygen atoms in total. The highest BCUT2D eigenvalue weighted by Gasteiger charge is 2.53. The normalized spacial score (nSPS) is 23.7. The van der Waals surface area contributed by atoms with Crippen LogP contribution in [0.1, 0.15) is 25.3 Å². The highest BCUT2D eigenvalue weighted by Crippen LogP contribution is 2.44. The summed E-state index contributed by atoms with van der Waals surface area (Å²) in [6.45, 7) is 3.55. The maximum Gasteiger partial charge on any atom is 0.237 e. The zero-order valence-electron chi connectivity index (χ0n) is 14.3. The SMILES string of the molecule is CCOc1ccccc1CN(C)CN1C(=O)C[C@@]2(CCSC2)C1=O. The summed E-state index contributed by atoms with van der Waals surface area (Å²) in [5, 5.41) is 0. The van der Waals surface area contributed by atoms with E-state index in [1.807, 2.05) is 43.1 Å². The van der Waals surface area contributed by atoms with Crippen LogP contribution in [0.4, 0.5) is 0 Å². The zero-order valence-corrected chi connectivity index (χ0v) is 15.1. The second kappa shape index (κ2) is 7.15. The molecule has 2 aliphatic rings. The molecule has 6 heteroatoms. The summed E-state index contributed by atoms with van der Waals surface area (Å²) < 4.78 is 5.65.